The Morgan fingerprint density at radius 3 is 2.85 bits per heavy atom. The first-order valence-electron chi connectivity index (χ1n) is 3.91. The monoisotopic (exact) mass is 195 g/mol. The molecule has 1 aromatic rings. The van der Waals surface area contributed by atoms with E-state index in [2.05, 4.69) is 0 Å². The van der Waals surface area contributed by atoms with Gasteiger partial charge in [0.05, 0.1) is 18.1 Å². The Bertz CT molecular complexity index is 341. The maximum absolute atomic E-state index is 9.83. The predicted molar refractivity (Wildman–Crippen MR) is 51.3 cm³/mol. The van der Waals surface area contributed by atoms with Crippen molar-refractivity contribution in [1.29, 1.82) is 5.26 Å². The Morgan fingerprint density at radius 1 is 1.62 bits per heavy atom. The Labute approximate surface area is 82.4 Å². The van der Waals surface area contributed by atoms with E-state index in [4.69, 9.17) is 16.9 Å². The fraction of sp³-hybridized carbons (Fsp3) is 0.300. The van der Waals surface area contributed by atoms with Gasteiger partial charge >= 0.3 is 0 Å². The van der Waals surface area contributed by atoms with Gasteiger partial charge in [-0.05, 0) is 24.6 Å². The summed E-state index contributed by atoms with van der Waals surface area (Å²) < 4.78 is 0. The fourth-order valence-corrected chi connectivity index (χ4v) is 1.27. The van der Waals surface area contributed by atoms with Gasteiger partial charge in [0.2, 0.25) is 0 Å². The molecule has 0 saturated carbocycles. The van der Waals surface area contributed by atoms with Crippen LogP contribution in [-0.4, -0.2) is 5.11 Å². The summed E-state index contributed by atoms with van der Waals surface area (Å²) in [5.41, 5.74) is -0.443. The highest BCUT2D eigenvalue weighted by Gasteiger charge is 2.22. The summed E-state index contributed by atoms with van der Waals surface area (Å²) in [6, 6.07) is 8.83. The molecule has 0 spiro atoms. The maximum atomic E-state index is 9.83. The third-order valence-electron chi connectivity index (χ3n) is 1.87. The van der Waals surface area contributed by atoms with Crippen LogP contribution in [0, 0.1) is 11.3 Å². The van der Waals surface area contributed by atoms with E-state index in [0.717, 1.165) is 0 Å². The average Bonchev–Trinajstić information content (AvgIpc) is 2.04. The Balaban J connectivity index is 3.01. The van der Waals surface area contributed by atoms with Crippen LogP contribution in [0.5, 0.6) is 0 Å². The van der Waals surface area contributed by atoms with Crippen molar-refractivity contribution < 1.29 is 5.11 Å². The number of hydrogen-bond donors (Lipinski definition) is 1. The minimum absolute atomic E-state index is 0.0628. The number of halogens is 1. The van der Waals surface area contributed by atoms with Gasteiger partial charge < -0.3 is 5.11 Å². The molecule has 0 bridgehead atoms. The molecule has 0 aromatic heterocycles. The molecule has 0 saturated heterocycles. The van der Waals surface area contributed by atoms with Crippen molar-refractivity contribution in [2.45, 2.75) is 18.9 Å². The van der Waals surface area contributed by atoms with E-state index in [9.17, 15) is 5.11 Å². The Kier molecular flexibility index (Phi) is 2.92. The van der Waals surface area contributed by atoms with E-state index < -0.39 is 5.60 Å². The van der Waals surface area contributed by atoms with E-state index in [1.807, 2.05) is 6.07 Å². The van der Waals surface area contributed by atoms with E-state index in [-0.39, 0.29) is 6.42 Å². The molecule has 1 unspecified atom stereocenters. The highest BCUT2D eigenvalue weighted by Crippen LogP contribution is 2.25. The van der Waals surface area contributed by atoms with Crippen LogP contribution in [0.2, 0.25) is 5.02 Å². The number of nitrogens with zero attached hydrogens (tertiary/aromatic N) is 1. The summed E-state index contributed by atoms with van der Waals surface area (Å²) in [6.07, 6.45) is 0.0628. The number of aliphatic hydroxyl groups is 1. The number of hydrogen-bond acceptors (Lipinski definition) is 2. The van der Waals surface area contributed by atoms with Crippen LogP contribution in [-0.2, 0) is 5.60 Å². The average molecular weight is 196 g/mol. The molecule has 1 aromatic carbocycles. The van der Waals surface area contributed by atoms with E-state index in [1.54, 1.807) is 31.2 Å². The van der Waals surface area contributed by atoms with Gasteiger partial charge in [0.25, 0.3) is 0 Å². The van der Waals surface area contributed by atoms with Gasteiger partial charge in [-0.1, -0.05) is 23.7 Å². The zero-order valence-corrected chi connectivity index (χ0v) is 8.04. The normalized spacial score (nSPS) is 14.6. The lowest BCUT2D eigenvalue weighted by atomic mass is 9.93. The van der Waals surface area contributed by atoms with Gasteiger partial charge in [0.1, 0.15) is 0 Å². The lowest BCUT2D eigenvalue weighted by Gasteiger charge is -2.20. The second-order valence-electron chi connectivity index (χ2n) is 3.12. The van der Waals surface area contributed by atoms with Crippen LogP contribution in [0.15, 0.2) is 24.3 Å². The lowest BCUT2D eigenvalue weighted by molar-refractivity contribution is 0.0624. The summed E-state index contributed by atoms with van der Waals surface area (Å²) in [7, 11) is 0. The predicted octanol–water partition coefficient (Wildman–Crippen LogP) is 2.46. The number of benzene rings is 1. The molecular formula is C10H10ClNO. The third kappa shape index (κ3) is 2.45. The highest BCUT2D eigenvalue weighted by atomic mass is 35.5. The van der Waals surface area contributed by atoms with Gasteiger partial charge in [0, 0.05) is 5.02 Å². The first-order valence-corrected chi connectivity index (χ1v) is 4.29. The van der Waals surface area contributed by atoms with Gasteiger partial charge in [0.15, 0.2) is 0 Å². The quantitative estimate of drug-likeness (QED) is 0.788. The summed E-state index contributed by atoms with van der Waals surface area (Å²) >= 11 is 5.76. The summed E-state index contributed by atoms with van der Waals surface area (Å²) in [4.78, 5) is 0. The van der Waals surface area contributed by atoms with Crippen molar-refractivity contribution in [2.24, 2.45) is 0 Å². The van der Waals surface area contributed by atoms with Gasteiger partial charge in [-0.3, -0.25) is 0 Å². The van der Waals surface area contributed by atoms with Crippen LogP contribution >= 0.6 is 11.6 Å². The van der Waals surface area contributed by atoms with Gasteiger partial charge in [-0.15, -0.1) is 0 Å². The SMILES string of the molecule is CC(O)(CC#N)c1cccc(Cl)c1. The molecule has 0 heterocycles. The van der Waals surface area contributed by atoms with Crippen LogP contribution in [0.4, 0.5) is 0 Å². The zero-order chi connectivity index (χ0) is 9.90. The van der Waals surface area contributed by atoms with E-state index in [0.29, 0.717) is 10.6 Å². The lowest BCUT2D eigenvalue weighted by Crippen LogP contribution is -2.19. The first kappa shape index (κ1) is 10.0. The standard InChI is InChI=1S/C10H10ClNO/c1-10(13,5-6-12)8-3-2-4-9(11)7-8/h2-4,7,13H,5H2,1H3. The molecule has 1 atom stereocenters. The molecule has 3 heteroatoms. The van der Waals surface area contributed by atoms with Crippen molar-refractivity contribution in [3.8, 4) is 6.07 Å². The van der Waals surface area contributed by atoms with Crippen molar-refractivity contribution in [2.75, 3.05) is 0 Å². The third-order valence-corrected chi connectivity index (χ3v) is 2.10. The molecule has 0 aliphatic heterocycles. The molecule has 1 N–H and O–H groups in total. The second-order valence-corrected chi connectivity index (χ2v) is 3.56. The smallest absolute Gasteiger partial charge is 0.0998 e. The topological polar surface area (TPSA) is 44.0 Å². The molecule has 0 aliphatic rings. The largest absolute Gasteiger partial charge is 0.384 e. The minimum atomic E-state index is -1.11. The molecule has 1 rings (SSSR count). The number of rotatable bonds is 2. The van der Waals surface area contributed by atoms with Gasteiger partial charge in [-0.25, -0.2) is 0 Å². The van der Waals surface area contributed by atoms with Crippen molar-refractivity contribution in [3.05, 3.63) is 34.9 Å². The van der Waals surface area contributed by atoms with Crippen LogP contribution in [0.25, 0.3) is 0 Å². The minimum Gasteiger partial charge on any atom is -0.384 e. The molecule has 68 valence electrons. The van der Waals surface area contributed by atoms with E-state index in [1.165, 1.54) is 0 Å². The summed E-state index contributed by atoms with van der Waals surface area (Å²) in [5, 5.41) is 18.9. The first-order chi connectivity index (χ1) is 6.06. The Morgan fingerprint density at radius 2 is 2.31 bits per heavy atom. The maximum Gasteiger partial charge on any atom is 0.0998 e. The fourth-order valence-electron chi connectivity index (χ4n) is 1.08. The molecule has 2 nitrogen and oxygen atoms in total. The molecule has 0 aliphatic carbocycles. The molecule has 0 fully saturated rings. The van der Waals surface area contributed by atoms with Crippen LogP contribution < -0.4 is 0 Å². The molecular weight excluding hydrogens is 186 g/mol. The summed E-state index contributed by atoms with van der Waals surface area (Å²) in [5.74, 6) is 0. The van der Waals surface area contributed by atoms with Crippen molar-refractivity contribution in [3.63, 3.8) is 0 Å². The van der Waals surface area contributed by atoms with E-state index >= 15 is 0 Å². The van der Waals surface area contributed by atoms with Crippen LogP contribution in [0.1, 0.15) is 18.9 Å². The molecule has 0 radical (unpaired) electrons. The number of nitriles is 1. The molecule has 13 heavy (non-hydrogen) atoms. The van der Waals surface area contributed by atoms with Gasteiger partial charge in [-0.2, -0.15) is 5.26 Å². The summed E-state index contributed by atoms with van der Waals surface area (Å²) in [6.45, 7) is 1.60. The second kappa shape index (κ2) is 3.78. The highest BCUT2D eigenvalue weighted by molar-refractivity contribution is 6.30. The van der Waals surface area contributed by atoms with Crippen molar-refractivity contribution in [1.82, 2.24) is 0 Å². The van der Waals surface area contributed by atoms with Crippen molar-refractivity contribution >= 4 is 11.6 Å². The van der Waals surface area contributed by atoms with Crippen LogP contribution in [0.3, 0.4) is 0 Å². The molecule has 0 amide bonds. The Hall–Kier alpha value is -1.04. The zero-order valence-electron chi connectivity index (χ0n) is 7.29.